The maximum atomic E-state index is 13.7. The SMILES string of the molecule is COc1ccc(OC(=O)c2ccn(-c3ccccc3F)n2)cc1. The predicted octanol–water partition coefficient (Wildman–Crippen LogP) is 3.24. The van der Waals surface area contributed by atoms with Gasteiger partial charge in [0.15, 0.2) is 5.69 Å². The molecule has 0 bridgehead atoms. The number of nitrogens with zero attached hydrogens (tertiary/aromatic N) is 2. The number of hydrogen-bond acceptors (Lipinski definition) is 4. The lowest BCUT2D eigenvalue weighted by Crippen LogP contribution is -2.10. The van der Waals surface area contributed by atoms with Gasteiger partial charge in [0.2, 0.25) is 0 Å². The normalized spacial score (nSPS) is 10.3. The van der Waals surface area contributed by atoms with Crippen LogP contribution in [-0.4, -0.2) is 22.9 Å². The fourth-order valence-electron chi connectivity index (χ4n) is 2.01. The molecule has 2 aromatic carbocycles. The second-order valence-electron chi connectivity index (χ2n) is 4.66. The number of carbonyl (C=O) groups is 1. The maximum absolute atomic E-state index is 13.7. The maximum Gasteiger partial charge on any atom is 0.364 e. The molecule has 23 heavy (non-hydrogen) atoms. The number of para-hydroxylation sites is 1. The van der Waals surface area contributed by atoms with Gasteiger partial charge in [-0.15, -0.1) is 0 Å². The summed E-state index contributed by atoms with van der Waals surface area (Å²) in [5.41, 5.74) is 0.347. The molecule has 0 saturated heterocycles. The first-order valence-electron chi connectivity index (χ1n) is 6.84. The summed E-state index contributed by atoms with van der Waals surface area (Å²) in [5, 5.41) is 4.05. The highest BCUT2D eigenvalue weighted by molar-refractivity contribution is 5.88. The molecule has 6 heteroatoms. The van der Waals surface area contributed by atoms with Crippen molar-refractivity contribution in [2.45, 2.75) is 0 Å². The molecule has 0 N–H and O–H groups in total. The van der Waals surface area contributed by atoms with Gasteiger partial charge in [0.05, 0.1) is 7.11 Å². The van der Waals surface area contributed by atoms with Crippen molar-refractivity contribution < 1.29 is 18.7 Å². The molecular formula is C17H13FN2O3. The Morgan fingerprint density at radius 3 is 2.43 bits per heavy atom. The van der Waals surface area contributed by atoms with Crippen molar-refractivity contribution in [3.05, 3.63) is 72.3 Å². The van der Waals surface area contributed by atoms with Gasteiger partial charge in [-0.2, -0.15) is 5.10 Å². The molecule has 0 amide bonds. The Morgan fingerprint density at radius 1 is 1.04 bits per heavy atom. The Morgan fingerprint density at radius 2 is 1.74 bits per heavy atom. The van der Waals surface area contributed by atoms with E-state index >= 15 is 0 Å². The minimum atomic E-state index is -0.620. The predicted molar refractivity (Wildman–Crippen MR) is 81.5 cm³/mol. The van der Waals surface area contributed by atoms with Gasteiger partial charge in [0.25, 0.3) is 0 Å². The Hall–Kier alpha value is -3.15. The lowest BCUT2D eigenvalue weighted by molar-refractivity contribution is 0.0728. The Balaban J connectivity index is 1.77. The summed E-state index contributed by atoms with van der Waals surface area (Å²) in [4.78, 5) is 12.1. The number of aromatic nitrogens is 2. The molecule has 0 radical (unpaired) electrons. The van der Waals surface area contributed by atoms with Crippen molar-refractivity contribution >= 4 is 5.97 Å². The zero-order chi connectivity index (χ0) is 16.2. The number of hydrogen-bond donors (Lipinski definition) is 0. The fraction of sp³-hybridized carbons (Fsp3) is 0.0588. The zero-order valence-electron chi connectivity index (χ0n) is 12.3. The quantitative estimate of drug-likeness (QED) is 0.548. The van der Waals surface area contributed by atoms with E-state index in [4.69, 9.17) is 9.47 Å². The minimum absolute atomic E-state index is 0.0871. The van der Waals surface area contributed by atoms with E-state index in [0.29, 0.717) is 11.5 Å². The second-order valence-corrected chi connectivity index (χ2v) is 4.66. The molecule has 0 spiro atoms. The van der Waals surface area contributed by atoms with E-state index in [1.54, 1.807) is 49.6 Å². The first-order chi connectivity index (χ1) is 11.2. The van der Waals surface area contributed by atoms with Gasteiger partial charge in [-0.25, -0.2) is 13.9 Å². The van der Waals surface area contributed by atoms with E-state index in [2.05, 4.69) is 5.10 Å². The summed E-state index contributed by atoms with van der Waals surface area (Å²) >= 11 is 0. The molecule has 1 heterocycles. The van der Waals surface area contributed by atoms with Crippen LogP contribution in [0.1, 0.15) is 10.5 Å². The molecular weight excluding hydrogens is 299 g/mol. The highest BCUT2D eigenvalue weighted by Gasteiger charge is 2.14. The Kier molecular flexibility index (Phi) is 4.05. The number of ether oxygens (including phenoxy) is 2. The number of esters is 1. The van der Waals surface area contributed by atoms with Crippen LogP contribution in [0.2, 0.25) is 0 Å². The average Bonchev–Trinajstić information content (AvgIpc) is 3.06. The summed E-state index contributed by atoms with van der Waals surface area (Å²) in [5.74, 6) is -0.0131. The lowest BCUT2D eigenvalue weighted by Gasteiger charge is -2.04. The van der Waals surface area contributed by atoms with Crippen molar-refractivity contribution in [2.24, 2.45) is 0 Å². The smallest absolute Gasteiger partial charge is 0.364 e. The summed E-state index contributed by atoms with van der Waals surface area (Å²) in [6, 6.07) is 14.2. The summed E-state index contributed by atoms with van der Waals surface area (Å²) in [6.45, 7) is 0. The summed E-state index contributed by atoms with van der Waals surface area (Å²) in [7, 11) is 1.55. The highest BCUT2D eigenvalue weighted by Crippen LogP contribution is 2.18. The van der Waals surface area contributed by atoms with Crippen LogP contribution in [-0.2, 0) is 0 Å². The lowest BCUT2D eigenvalue weighted by atomic mass is 10.3. The van der Waals surface area contributed by atoms with Crippen LogP contribution in [0.5, 0.6) is 11.5 Å². The number of rotatable bonds is 4. The van der Waals surface area contributed by atoms with Gasteiger partial charge in [-0.1, -0.05) is 12.1 Å². The second kappa shape index (κ2) is 6.31. The van der Waals surface area contributed by atoms with Gasteiger partial charge in [0.1, 0.15) is 23.0 Å². The summed E-state index contributed by atoms with van der Waals surface area (Å²) in [6.07, 6.45) is 1.50. The van der Waals surface area contributed by atoms with Crippen LogP contribution in [0.15, 0.2) is 60.8 Å². The fourth-order valence-corrected chi connectivity index (χ4v) is 2.01. The molecule has 0 aliphatic rings. The number of halogens is 1. The van der Waals surface area contributed by atoms with E-state index in [1.165, 1.54) is 23.0 Å². The van der Waals surface area contributed by atoms with E-state index in [-0.39, 0.29) is 11.4 Å². The van der Waals surface area contributed by atoms with Gasteiger partial charge >= 0.3 is 5.97 Å². The molecule has 0 aliphatic carbocycles. The third-order valence-corrected chi connectivity index (χ3v) is 3.17. The molecule has 116 valence electrons. The van der Waals surface area contributed by atoms with E-state index in [1.807, 2.05) is 0 Å². The summed E-state index contributed by atoms with van der Waals surface area (Å²) < 4.78 is 25.3. The standard InChI is InChI=1S/C17H13FN2O3/c1-22-12-6-8-13(9-7-12)23-17(21)15-10-11-20(19-15)16-5-3-2-4-14(16)18/h2-11H,1H3. The molecule has 0 unspecified atom stereocenters. The van der Waals surface area contributed by atoms with Gasteiger partial charge in [0, 0.05) is 6.20 Å². The average molecular weight is 312 g/mol. The first kappa shape index (κ1) is 14.8. The number of methoxy groups -OCH3 is 1. The Bertz CT molecular complexity index is 828. The molecule has 0 aliphatic heterocycles. The minimum Gasteiger partial charge on any atom is -0.497 e. The van der Waals surface area contributed by atoms with Crippen molar-refractivity contribution in [1.82, 2.24) is 9.78 Å². The molecule has 3 aromatic rings. The van der Waals surface area contributed by atoms with Crippen molar-refractivity contribution in [2.75, 3.05) is 7.11 Å². The van der Waals surface area contributed by atoms with Crippen molar-refractivity contribution in [3.63, 3.8) is 0 Å². The zero-order valence-corrected chi connectivity index (χ0v) is 12.3. The van der Waals surface area contributed by atoms with Crippen molar-refractivity contribution in [1.29, 1.82) is 0 Å². The van der Waals surface area contributed by atoms with Crippen LogP contribution < -0.4 is 9.47 Å². The van der Waals surface area contributed by atoms with Crippen LogP contribution in [0.4, 0.5) is 4.39 Å². The van der Waals surface area contributed by atoms with Gasteiger partial charge in [-0.05, 0) is 42.5 Å². The molecule has 0 atom stereocenters. The topological polar surface area (TPSA) is 53.4 Å². The Labute approximate surface area is 131 Å². The third-order valence-electron chi connectivity index (χ3n) is 3.17. The molecule has 3 rings (SSSR count). The van der Waals surface area contributed by atoms with E-state index < -0.39 is 11.8 Å². The molecule has 0 saturated carbocycles. The molecule has 1 aromatic heterocycles. The van der Waals surface area contributed by atoms with Crippen LogP contribution in [0, 0.1) is 5.82 Å². The third kappa shape index (κ3) is 3.21. The van der Waals surface area contributed by atoms with Crippen LogP contribution >= 0.6 is 0 Å². The van der Waals surface area contributed by atoms with E-state index in [0.717, 1.165) is 0 Å². The van der Waals surface area contributed by atoms with Crippen molar-refractivity contribution in [3.8, 4) is 17.2 Å². The van der Waals surface area contributed by atoms with Gasteiger partial charge < -0.3 is 9.47 Å². The monoisotopic (exact) mass is 312 g/mol. The van der Waals surface area contributed by atoms with E-state index in [9.17, 15) is 9.18 Å². The van der Waals surface area contributed by atoms with Gasteiger partial charge in [-0.3, -0.25) is 0 Å². The highest BCUT2D eigenvalue weighted by atomic mass is 19.1. The first-order valence-corrected chi connectivity index (χ1v) is 6.84. The largest absolute Gasteiger partial charge is 0.497 e. The van der Waals surface area contributed by atoms with Crippen LogP contribution in [0.3, 0.4) is 0 Å². The molecule has 0 fully saturated rings. The molecule has 5 nitrogen and oxygen atoms in total. The number of carbonyl (C=O) groups excluding carboxylic acids is 1. The van der Waals surface area contributed by atoms with Crippen LogP contribution in [0.25, 0.3) is 5.69 Å². The number of benzene rings is 2.